The van der Waals surface area contributed by atoms with Crippen LogP contribution in [0.3, 0.4) is 0 Å². The zero-order valence-electron chi connectivity index (χ0n) is 5.20. The van der Waals surface area contributed by atoms with Crippen LogP contribution in [-0.2, 0) is 0 Å². The maximum atomic E-state index is 11.9. The van der Waals surface area contributed by atoms with Crippen molar-refractivity contribution in [3.8, 4) is 0 Å². The minimum Gasteiger partial charge on any atom is -0.323 e. The molecule has 0 rings (SSSR count). The van der Waals surface area contributed by atoms with Crippen LogP contribution in [0.5, 0.6) is 0 Å². The first-order valence-electron chi connectivity index (χ1n) is 2.51. The van der Waals surface area contributed by atoms with Gasteiger partial charge in [0.05, 0.1) is 0 Å². The largest absolute Gasteiger partial charge is 0.323 e. The maximum absolute atomic E-state index is 11.9. The quantitative estimate of drug-likeness (QED) is 0.597. The summed E-state index contributed by atoms with van der Waals surface area (Å²) in [4.78, 5) is 0. The lowest BCUT2D eigenvalue weighted by Gasteiger charge is -1.99. The molecule has 0 aromatic heterocycles. The first kappa shape index (κ1) is 8.66. The molecule has 0 aromatic carbocycles. The van der Waals surface area contributed by atoms with Crippen molar-refractivity contribution in [2.45, 2.75) is 13.0 Å². The van der Waals surface area contributed by atoms with E-state index in [1.807, 2.05) is 0 Å². The van der Waals surface area contributed by atoms with Gasteiger partial charge in [0, 0.05) is 11.1 Å². The summed E-state index contributed by atoms with van der Waals surface area (Å²) >= 11 is 5.45. The average molecular weight is 150 g/mol. The van der Waals surface area contributed by atoms with Crippen molar-refractivity contribution in [2.75, 3.05) is 0 Å². The van der Waals surface area contributed by atoms with E-state index in [0.717, 1.165) is 6.08 Å². The topological polar surface area (TPSA) is 26.0 Å². The Kier molecular flexibility index (Phi) is 3.50. The van der Waals surface area contributed by atoms with Gasteiger partial charge < -0.3 is 5.73 Å². The van der Waals surface area contributed by atoms with Gasteiger partial charge in [-0.2, -0.15) is 0 Å². The van der Waals surface area contributed by atoms with Crippen LogP contribution in [0.15, 0.2) is 23.5 Å². The van der Waals surface area contributed by atoms with Crippen LogP contribution in [0.2, 0.25) is 0 Å². The molecule has 0 saturated heterocycles. The molecule has 1 nitrogen and oxygen atoms in total. The van der Waals surface area contributed by atoms with E-state index in [4.69, 9.17) is 17.3 Å². The Balaban J connectivity index is 4.00. The molecule has 2 N–H and O–H groups in total. The minimum absolute atomic E-state index is 0.280. The lowest BCUT2D eigenvalue weighted by Crippen LogP contribution is -2.14. The lowest BCUT2D eigenvalue weighted by atomic mass is 10.3. The molecular formula is C6H9ClFN. The van der Waals surface area contributed by atoms with E-state index >= 15 is 0 Å². The Morgan fingerprint density at radius 2 is 2.33 bits per heavy atom. The standard InChI is InChI=1S/C6H9ClFN/c1-4(8)3-6(7)5(2)9/h3,5H,1,9H2,2H3/b6-3+. The monoisotopic (exact) mass is 149 g/mol. The summed E-state index contributed by atoms with van der Waals surface area (Å²) in [7, 11) is 0. The summed E-state index contributed by atoms with van der Waals surface area (Å²) in [6.07, 6.45) is 1.10. The molecule has 0 heterocycles. The summed E-state index contributed by atoms with van der Waals surface area (Å²) in [6.45, 7) is 4.66. The number of allylic oxidation sites excluding steroid dienone is 2. The molecular weight excluding hydrogens is 141 g/mol. The van der Waals surface area contributed by atoms with Crippen molar-refractivity contribution >= 4 is 11.6 Å². The number of hydrogen-bond acceptors (Lipinski definition) is 1. The second-order valence-corrected chi connectivity index (χ2v) is 2.20. The van der Waals surface area contributed by atoms with Crippen LogP contribution >= 0.6 is 11.6 Å². The minimum atomic E-state index is -0.572. The number of rotatable bonds is 2. The smallest absolute Gasteiger partial charge is 0.117 e. The highest BCUT2D eigenvalue weighted by molar-refractivity contribution is 6.30. The van der Waals surface area contributed by atoms with Crippen LogP contribution in [0.25, 0.3) is 0 Å². The fourth-order valence-corrected chi connectivity index (χ4v) is 0.399. The fraction of sp³-hybridized carbons (Fsp3) is 0.333. The maximum Gasteiger partial charge on any atom is 0.117 e. The van der Waals surface area contributed by atoms with Crippen LogP contribution < -0.4 is 5.73 Å². The summed E-state index contributed by atoms with van der Waals surface area (Å²) in [5.74, 6) is -0.572. The lowest BCUT2D eigenvalue weighted by molar-refractivity contribution is 0.668. The highest BCUT2D eigenvalue weighted by Gasteiger charge is 1.98. The van der Waals surface area contributed by atoms with Crippen molar-refractivity contribution in [2.24, 2.45) is 5.73 Å². The second kappa shape index (κ2) is 3.64. The van der Waals surface area contributed by atoms with Crippen LogP contribution in [0, 0.1) is 0 Å². The van der Waals surface area contributed by atoms with E-state index in [-0.39, 0.29) is 11.1 Å². The molecule has 0 aliphatic rings. The van der Waals surface area contributed by atoms with Gasteiger partial charge in [-0.15, -0.1) is 0 Å². The third-order valence-electron chi connectivity index (χ3n) is 0.729. The first-order chi connectivity index (χ1) is 4.04. The molecule has 0 saturated carbocycles. The highest BCUT2D eigenvalue weighted by Crippen LogP contribution is 2.08. The molecule has 9 heavy (non-hydrogen) atoms. The predicted molar refractivity (Wildman–Crippen MR) is 37.8 cm³/mol. The number of nitrogens with two attached hydrogens (primary N) is 1. The molecule has 0 bridgehead atoms. The Morgan fingerprint density at radius 3 is 2.44 bits per heavy atom. The normalized spacial score (nSPS) is 15.3. The highest BCUT2D eigenvalue weighted by atomic mass is 35.5. The van der Waals surface area contributed by atoms with Gasteiger partial charge in [-0.3, -0.25) is 0 Å². The van der Waals surface area contributed by atoms with E-state index in [0.29, 0.717) is 0 Å². The van der Waals surface area contributed by atoms with Gasteiger partial charge in [-0.25, -0.2) is 4.39 Å². The van der Waals surface area contributed by atoms with Crippen LogP contribution in [0.1, 0.15) is 6.92 Å². The average Bonchev–Trinajstić information content (AvgIpc) is 1.63. The van der Waals surface area contributed by atoms with E-state index in [2.05, 4.69) is 6.58 Å². The van der Waals surface area contributed by atoms with E-state index in [1.54, 1.807) is 6.92 Å². The Labute approximate surface area is 59.0 Å². The van der Waals surface area contributed by atoms with Crippen molar-refractivity contribution in [3.05, 3.63) is 23.5 Å². The molecule has 0 aliphatic carbocycles. The predicted octanol–water partition coefficient (Wildman–Crippen LogP) is 1.94. The van der Waals surface area contributed by atoms with Gasteiger partial charge in [0.2, 0.25) is 0 Å². The molecule has 1 atom stereocenters. The van der Waals surface area contributed by atoms with Gasteiger partial charge in [-0.05, 0) is 13.0 Å². The molecule has 0 fully saturated rings. The third kappa shape index (κ3) is 4.18. The summed E-state index contributed by atoms with van der Waals surface area (Å²) < 4.78 is 11.9. The van der Waals surface area contributed by atoms with Crippen LogP contribution in [-0.4, -0.2) is 6.04 Å². The molecule has 0 spiro atoms. The molecule has 3 heteroatoms. The van der Waals surface area contributed by atoms with Gasteiger partial charge in [0.15, 0.2) is 0 Å². The summed E-state index contributed by atoms with van der Waals surface area (Å²) in [6, 6.07) is -0.320. The van der Waals surface area contributed by atoms with Crippen molar-refractivity contribution in [1.82, 2.24) is 0 Å². The Morgan fingerprint density at radius 1 is 1.89 bits per heavy atom. The van der Waals surface area contributed by atoms with E-state index in [9.17, 15) is 4.39 Å². The Bertz CT molecular complexity index is 140. The van der Waals surface area contributed by atoms with Crippen molar-refractivity contribution in [3.63, 3.8) is 0 Å². The first-order valence-corrected chi connectivity index (χ1v) is 2.89. The zero-order valence-corrected chi connectivity index (χ0v) is 5.95. The van der Waals surface area contributed by atoms with Gasteiger partial charge in [0.25, 0.3) is 0 Å². The zero-order chi connectivity index (χ0) is 7.44. The summed E-state index contributed by atoms with van der Waals surface area (Å²) in [5.41, 5.74) is 5.28. The van der Waals surface area contributed by atoms with Crippen molar-refractivity contribution in [1.29, 1.82) is 0 Å². The molecule has 0 amide bonds. The van der Waals surface area contributed by atoms with Crippen LogP contribution in [0.4, 0.5) is 4.39 Å². The fourth-order valence-electron chi connectivity index (χ4n) is 0.281. The van der Waals surface area contributed by atoms with Crippen molar-refractivity contribution < 1.29 is 4.39 Å². The van der Waals surface area contributed by atoms with Gasteiger partial charge in [0.1, 0.15) is 5.83 Å². The van der Waals surface area contributed by atoms with Gasteiger partial charge >= 0.3 is 0 Å². The summed E-state index contributed by atoms with van der Waals surface area (Å²) in [5, 5.41) is 0.280. The molecule has 0 aromatic rings. The second-order valence-electron chi connectivity index (χ2n) is 1.76. The third-order valence-corrected chi connectivity index (χ3v) is 1.18. The number of hydrogen-bond donors (Lipinski definition) is 1. The molecule has 0 radical (unpaired) electrons. The van der Waals surface area contributed by atoms with Gasteiger partial charge in [-0.1, -0.05) is 18.2 Å². The molecule has 1 unspecified atom stereocenters. The SMILES string of the molecule is C=C(F)/C=C(/Cl)C(C)N. The number of halogens is 2. The van der Waals surface area contributed by atoms with E-state index in [1.165, 1.54) is 0 Å². The van der Waals surface area contributed by atoms with E-state index < -0.39 is 5.83 Å². The Hall–Kier alpha value is -0.340. The molecule has 52 valence electrons. The molecule has 0 aliphatic heterocycles.